The van der Waals surface area contributed by atoms with Gasteiger partial charge in [0.25, 0.3) is 0 Å². The lowest BCUT2D eigenvalue weighted by molar-refractivity contribution is 0.103. The lowest BCUT2D eigenvalue weighted by atomic mass is 9.59. The highest BCUT2D eigenvalue weighted by Crippen LogP contribution is 2.54. The van der Waals surface area contributed by atoms with Crippen molar-refractivity contribution >= 4 is 0 Å². The van der Waals surface area contributed by atoms with E-state index in [1.807, 2.05) is 0 Å². The van der Waals surface area contributed by atoms with Crippen molar-refractivity contribution in [1.29, 1.82) is 0 Å². The van der Waals surface area contributed by atoms with Gasteiger partial charge in [-0.15, -0.1) is 0 Å². The summed E-state index contributed by atoms with van der Waals surface area (Å²) in [5.74, 6) is 3.69. The quantitative estimate of drug-likeness (QED) is 0.593. The highest BCUT2D eigenvalue weighted by atomic mass is 14.5. The monoisotopic (exact) mass is 200 g/mol. The van der Waals surface area contributed by atoms with E-state index in [9.17, 15) is 0 Å². The van der Waals surface area contributed by atoms with Crippen molar-refractivity contribution in [2.24, 2.45) is 17.8 Å². The molecule has 0 radical (unpaired) electrons. The molecule has 0 amide bonds. The molecule has 0 aliphatic heterocycles. The fourth-order valence-corrected chi connectivity index (χ4v) is 3.76. The van der Waals surface area contributed by atoms with E-state index in [4.69, 9.17) is 0 Å². The molecule has 4 unspecified atom stereocenters. The number of aryl methyl sites for hydroxylation is 1. The van der Waals surface area contributed by atoms with Gasteiger partial charge < -0.3 is 0 Å². The molecule has 0 aromatic heterocycles. The normalized spacial score (nSPS) is 38.5. The van der Waals surface area contributed by atoms with E-state index in [-0.39, 0.29) is 0 Å². The fourth-order valence-electron chi connectivity index (χ4n) is 3.76. The van der Waals surface area contributed by atoms with Crippen LogP contribution in [0.5, 0.6) is 0 Å². The molecule has 0 bridgehead atoms. The van der Waals surface area contributed by atoms with Crippen LogP contribution in [-0.4, -0.2) is 0 Å². The first-order valence-corrected chi connectivity index (χ1v) is 6.35. The van der Waals surface area contributed by atoms with Gasteiger partial charge in [-0.25, -0.2) is 0 Å². The SMILES string of the molecule is CC1CCc2ccccc2C2C(C)CC12. The number of hydrogen-bond acceptors (Lipinski definition) is 0. The largest absolute Gasteiger partial charge is 0.0622 e. The Bertz CT molecular complexity index is 366. The summed E-state index contributed by atoms with van der Waals surface area (Å²) in [4.78, 5) is 0. The van der Waals surface area contributed by atoms with Crippen molar-refractivity contribution in [2.75, 3.05) is 0 Å². The van der Waals surface area contributed by atoms with Gasteiger partial charge in [-0.05, 0) is 54.1 Å². The second-order valence-corrected chi connectivity index (χ2v) is 5.62. The van der Waals surface area contributed by atoms with E-state index in [1.54, 1.807) is 11.1 Å². The van der Waals surface area contributed by atoms with E-state index in [1.165, 1.54) is 19.3 Å². The van der Waals surface area contributed by atoms with E-state index in [0.717, 1.165) is 23.7 Å². The van der Waals surface area contributed by atoms with Gasteiger partial charge in [-0.1, -0.05) is 38.1 Å². The molecule has 1 aromatic carbocycles. The minimum absolute atomic E-state index is 0.874. The Morgan fingerprint density at radius 3 is 2.67 bits per heavy atom. The molecule has 80 valence electrons. The smallest absolute Gasteiger partial charge is 0.0102 e. The molecule has 0 N–H and O–H groups in total. The van der Waals surface area contributed by atoms with Crippen LogP contribution < -0.4 is 0 Å². The van der Waals surface area contributed by atoms with E-state index in [0.29, 0.717) is 0 Å². The van der Waals surface area contributed by atoms with Crippen molar-refractivity contribution in [3.05, 3.63) is 35.4 Å². The summed E-state index contributed by atoms with van der Waals surface area (Å²) in [6.45, 7) is 4.88. The summed E-state index contributed by atoms with van der Waals surface area (Å²) in [6.07, 6.45) is 4.15. The molecule has 4 atom stereocenters. The lowest BCUT2D eigenvalue weighted by Crippen LogP contribution is -2.36. The second-order valence-electron chi connectivity index (χ2n) is 5.62. The van der Waals surface area contributed by atoms with Crippen LogP contribution in [-0.2, 0) is 6.42 Å². The summed E-state index contributed by atoms with van der Waals surface area (Å²) in [6, 6.07) is 9.14. The van der Waals surface area contributed by atoms with Crippen LogP contribution in [0.15, 0.2) is 24.3 Å². The van der Waals surface area contributed by atoms with Gasteiger partial charge in [0.1, 0.15) is 0 Å². The summed E-state index contributed by atoms with van der Waals surface area (Å²) in [7, 11) is 0. The van der Waals surface area contributed by atoms with Crippen LogP contribution in [0.1, 0.15) is 43.7 Å². The van der Waals surface area contributed by atoms with Crippen molar-refractivity contribution in [1.82, 2.24) is 0 Å². The summed E-state index contributed by atoms with van der Waals surface area (Å²) >= 11 is 0. The third-order valence-corrected chi connectivity index (χ3v) is 4.73. The Balaban J connectivity index is 2.04. The van der Waals surface area contributed by atoms with Gasteiger partial charge in [0, 0.05) is 0 Å². The van der Waals surface area contributed by atoms with Crippen molar-refractivity contribution in [3.63, 3.8) is 0 Å². The Kier molecular flexibility index (Phi) is 2.12. The highest BCUT2D eigenvalue weighted by Gasteiger charge is 2.43. The standard InChI is InChI=1S/C15H20/c1-10-7-8-12-5-3-4-6-13(12)15-11(2)9-14(10)15/h3-6,10-11,14-15H,7-9H2,1-2H3. The average molecular weight is 200 g/mol. The minimum Gasteiger partial charge on any atom is -0.0622 e. The number of rotatable bonds is 0. The molecule has 0 spiro atoms. The summed E-state index contributed by atoms with van der Waals surface area (Å²) in [5, 5.41) is 0. The van der Waals surface area contributed by atoms with Gasteiger partial charge in [0.2, 0.25) is 0 Å². The van der Waals surface area contributed by atoms with Crippen LogP contribution in [0.4, 0.5) is 0 Å². The Labute approximate surface area is 92.7 Å². The summed E-state index contributed by atoms with van der Waals surface area (Å²) < 4.78 is 0. The van der Waals surface area contributed by atoms with E-state index >= 15 is 0 Å². The predicted octanol–water partition coefficient (Wildman–Crippen LogP) is 4.01. The molecule has 0 heterocycles. The topological polar surface area (TPSA) is 0 Å². The molecular weight excluding hydrogens is 180 g/mol. The molecule has 3 rings (SSSR count). The van der Waals surface area contributed by atoms with Crippen LogP contribution in [0.3, 0.4) is 0 Å². The second kappa shape index (κ2) is 3.37. The summed E-state index contributed by atoms with van der Waals surface area (Å²) in [5.41, 5.74) is 3.30. The van der Waals surface area contributed by atoms with Crippen molar-refractivity contribution in [3.8, 4) is 0 Å². The first kappa shape index (κ1) is 9.45. The first-order valence-electron chi connectivity index (χ1n) is 6.35. The van der Waals surface area contributed by atoms with Crippen LogP contribution in [0.25, 0.3) is 0 Å². The van der Waals surface area contributed by atoms with Gasteiger partial charge in [-0.2, -0.15) is 0 Å². The van der Waals surface area contributed by atoms with Gasteiger partial charge in [-0.3, -0.25) is 0 Å². The third-order valence-electron chi connectivity index (χ3n) is 4.73. The molecule has 1 fully saturated rings. The predicted molar refractivity (Wildman–Crippen MR) is 63.9 cm³/mol. The lowest BCUT2D eigenvalue weighted by Gasteiger charge is -2.46. The zero-order chi connectivity index (χ0) is 10.4. The van der Waals surface area contributed by atoms with Crippen molar-refractivity contribution < 1.29 is 0 Å². The van der Waals surface area contributed by atoms with Gasteiger partial charge in [0.15, 0.2) is 0 Å². The maximum absolute atomic E-state index is 2.45. The molecular formula is C15H20. The molecule has 0 saturated heterocycles. The number of fused-ring (bicyclic) bond motifs is 3. The van der Waals surface area contributed by atoms with Gasteiger partial charge in [0.05, 0.1) is 0 Å². The van der Waals surface area contributed by atoms with E-state index in [2.05, 4.69) is 38.1 Å². The molecule has 2 aliphatic carbocycles. The average Bonchev–Trinajstić information content (AvgIpc) is 2.34. The zero-order valence-electron chi connectivity index (χ0n) is 9.74. The number of benzene rings is 1. The molecule has 15 heavy (non-hydrogen) atoms. The van der Waals surface area contributed by atoms with Crippen LogP contribution in [0, 0.1) is 17.8 Å². The zero-order valence-corrected chi connectivity index (χ0v) is 9.74. The third kappa shape index (κ3) is 1.34. The van der Waals surface area contributed by atoms with Crippen molar-refractivity contribution in [2.45, 2.75) is 39.0 Å². The maximum Gasteiger partial charge on any atom is -0.0102 e. The Morgan fingerprint density at radius 2 is 1.87 bits per heavy atom. The number of hydrogen-bond donors (Lipinski definition) is 0. The molecule has 0 heteroatoms. The Morgan fingerprint density at radius 1 is 1.07 bits per heavy atom. The molecule has 1 aromatic rings. The molecule has 2 aliphatic rings. The van der Waals surface area contributed by atoms with Crippen LogP contribution >= 0.6 is 0 Å². The van der Waals surface area contributed by atoms with E-state index < -0.39 is 0 Å². The van der Waals surface area contributed by atoms with Crippen LogP contribution in [0.2, 0.25) is 0 Å². The minimum atomic E-state index is 0.874. The maximum atomic E-state index is 2.45. The molecule has 0 nitrogen and oxygen atoms in total. The van der Waals surface area contributed by atoms with Gasteiger partial charge >= 0.3 is 0 Å². The first-order chi connectivity index (χ1) is 7.27. The highest BCUT2D eigenvalue weighted by molar-refractivity contribution is 5.34. The molecule has 1 saturated carbocycles. The fraction of sp³-hybridized carbons (Fsp3) is 0.600. The Hall–Kier alpha value is -0.780.